The fraction of sp³-hybridized carbons (Fsp3) is 0.158. The molecule has 146 valence electrons. The van der Waals surface area contributed by atoms with Crippen LogP contribution in [0.4, 0.5) is 41.9 Å². The lowest BCUT2D eigenvalue weighted by atomic mass is 10.1. The second kappa shape index (κ2) is 7.55. The minimum Gasteiger partial charge on any atom is -0.393 e. The third kappa shape index (κ3) is 4.28. The Morgan fingerprint density at radius 1 is 0.964 bits per heavy atom. The number of hydrogen-bond donors (Lipinski definition) is 3. The number of anilines is 5. The third-order valence-electron chi connectivity index (χ3n) is 4.06. The van der Waals surface area contributed by atoms with Crippen molar-refractivity contribution in [2.75, 3.05) is 16.4 Å². The van der Waals surface area contributed by atoms with Crippen LogP contribution < -0.4 is 16.4 Å². The summed E-state index contributed by atoms with van der Waals surface area (Å²) in [4.78, 5) is 8.16. The molecule has 5 nitrogen and oxygen atoms in total. The highest BCUT2D eigenvalue weighted by Crippen LogP contribution is 2.37. The van der Waals surface area contributed by atoms with E-state index in [4.69, 9.17) is 17.3 Å². The van der Waals surface area contributed by atoms with Crippen molar-refractivity contribution in [2.45, 2.75) is 20.0 Å². The van der Waals surface area contributed by atoms with E-state index in [1.807, 2.05) is 32.0 Å². The van der Waals surface area contributed by atoms with Gasteiger partial charge in [-0.05, 0) is 49.2 Å². The molecule has 0 atom stereocenters. The summed E-state index contributed by atoms with van der Waals surface area (Å²) in [6.07, 6.45) is -3.30. The van der Waals surface area contributed by atoms with Crippen LogP contribution in [0.1, 0.15) is 16.7 Å². The van der Waals surface area contributed by atoms with Gasteiger partial charge in [-0.3, -0.25) is 0 Å². The van der Waals surface area contributed by atoms with E-state index in [1.165, 1.54) is 18.5 Å². The summed E-state index contributed by atoms with van der Waals surface area (Å²) >= 11 is 5.65. The Hall–Kier alpha value is -3.00. The molecule has 0 saturated carbocycles. The number of rotatable bonds is 4. The van der Waals surface area contributed by atoms with Gasteiger partial charge in [0, 0.05) is 11.4 Å². The van der Waals surface area contributed by atoms with E-state index in [0.29, 0.717) is 5.82 Å². The second-order valence-electron chi connectivity index (χ2n) is 6.25. The van der Waals surface area contributed by atoms with E-state index in [2.05, 4.69) is 20.6 Å². The van der Waals surface area contributed by atoms with Gasteiger partial charge in [0.1, 0.15) is 12.0 Å². The first-order valence-electron chi connectivity index (χ1n) is 8.23. The van der Waals surface area contributed by atoms with Gasteiger partial charge in [-0.2, -0.15) is 13.2 Å². The Bertz CT molecular complexity index is 1020. The fourth-order valence-electron chi connectivity index (χ4n) is 2.55. The molecule has 0 bridgehead atoms. The van der Waals surface area contributed by atoms with Crippen molar-refractivity contribution in [3.63, 3.8) is 0 Å². The van der Waals surface area contributed by atoms with Crippen molar-refractivity contribution in [2.24, 2.45) is 0 Å². The molecule has 0 saturated heterocycles. The number of nitrogens with two attached hydrogens (primary N) is 1. The maximum atomic E-state index is 13.1. The van der Waals surface area contributed by atoms with Crippen molar-refractivity contribution in [3.05, 3.63) is 64.4 Å². The molecule has 0 aliphatic heterocycles. The first-order chi connectivity index (χ1) is 13.1. The summed E-state index contributed by atoms with van der Waals surface area (Å²) in [5.74, 6) is 0.523. The number of benzene rings is 2. The molecule has 0 unspecified atom stereocenters. The quantitative estimate of drug-likeness (QED) is 0.507. The highest BCUT2D eigenvalue weighted by atomic mass is 35.5. The third-order valence-corrected chi connectivity index (χ3v) is 4.39. The zero-order valence-corrected chi connectivity index (χ0v) is 15.8. The Kier molecular flexibility index (Phi) is 5.33. The molecule has 28 heavy (non-hydrogen) atoms. The Morgan fingerprint density at radius 3 is 2.32 bits per heavy atom. The zero-order chi connectivity index (χ0) is 20.5. The number of hydrogen-bond acceptors (Lipinski definition) is 5. The normalized spacial score (nSPS) is 11.4. The smallest absolute Gasteiger partial charge is 0.393 e. The number of halogens is 4. The second-order valence-corrected chi connectivity index (χ2v) is 6.65. The number of aryl methyl sites for hydroxylation is 2. The molecule has 0 amide bonds. The predicted molar refractivity (Wildman–Crippen MR) is 105 cm³/mol. The number of nitrogens with zero attached hydrogens (tertiary/aromatic N) is 2. The molecule has 0 aliphatic rings. The van der Waals surface area contributed by atoms with E-state index < -0.39 is 11.7 Å². The SMILES string of the molecule is Cc1ccc(C)c(Nc2ncnc(Nc3ccc(Cl)c(C(F)(F)F)c3)c2N)c1. The molecule has 4 N–H and O–H groups in total. The molecular weight excluding hydrogens is 391 g/mol. The maximum absolute atomic E-state index is 13.1. The molecule has 1 heterocycles. The number of nitrogens with one attached hydrogen (secondary N) is 2. The molecule has 1 aromatic heterocycles. The zero-order valence-electron chi connectivity index (χ0n) is 15.0. The van der Waals surface area contributed by atoms with Crippen molar-refractivity contribution in [1.82, 2.24) is 9.97 Å². The van der Waals surface area contributed by atoms with Gasteiger partial charge in [-0.25, -0.2) is 9.97 Å². The Balaban J connectivity index is 1.91. The van der Waals surface area contributed by atoms with Crippen LogP contribution in [0.5, 0.6) is 0 Å². The van der Waals surface area contributed by atoms with Gasteiger partial charge < -0.3 is 16.4 Å². The van der Waals surface area contributed by atoms with Crippen LogP contribution in [0.2, 0.25) is 5.02 Å². The molecule has 2 aromatic carbocycles. The summed E-state index contributed by atoms with van der Waals surface area (Å²) in [6, 6.07) is 9.37. The van der Waals surface area contributed by atoms with Gasteiger partial charge in [0.15, 0.2) is 11.6 Å². The molecule has 0 spiro atoms. The van der Waals surface area contributed by atoms with E-state index in [0.717, 1.165) is 22.9 Å². The molecule has 0 radical (unpaired) electrons. The number of alkyl halides is 3. The predicted octanol–water partition coefficient (Wildman–Crippen LogP) is 5.84. The Labute approximate surface area is 164 Å². The lowest BCUT2D eigenvalue weighted by molar-refractivity contribution is -0.137. The van der Waals surface area contributed by atoms with Gasteiger partial charge in [-0.1, -0.05) is 23.7 Å². The molecule has 3 aromatic rings. The van der Waals surface area contributed by atoms with Crippen LogP contribution >= 0.6 is 11.6 Å². The van der Waals surface area contributed by atoms with E-state index in [-0.39, 0.29) is 22.2 Å². The van der Waals surface area contributed by atoms with Crippen LogP contribution in [-0.4, -0.2) is 9.97 Å². The van der Waals surface area contributed by atoms with Crippen LogP contribution in [0.25, 0.3) is 0 Å². The summed E-state index contributed by atoms with van der Waals surface area (Å²) in [5.41, 5.74) is 8.37. The monoisotopic (exact) mass is 407 g/mol. The Morgan fingerprint density at radius 2 is 1.64 bits per heavy atom. The summed E-state index contributed by atoms with van der Waals surface area (Å²) in [7, 11) is 0. The van der Waals surface area contributed by atoms with E-state index in [1.54, 1.807) is 0 Å². The number of aromatic nitrogens is 2. The summed E-state index contributed by atoms with van der Waals surface area (Å²) in [6.45, 7) is 3.89. The van der Waals surface area contributed by atoms with Crippen LogP contribution in [-0.2, 0) is 6.18 Å². The van der Waals surface area contributed by atoms with E-state index >= 15 is 0 Å². The van der Waals surface area contributed by atoms with Crippen molar-refractivity contribution in [3.8, 4) is 0 Å². The first-order valence-corrected chi connectivity index (χ1v) is 8.61. The minimum atomic E-state index is -4.57. The van der Waals surface area contributed by atoms with Gasteiger partial charge in [0.25, 0.3) is 0 Å². The van der Waals surface area contributed by atoms with Crippen molar-refractivity contribution >= 4 is 40.3 Å². The molecule has 3 rings (SSSR count). The topological polar surface area (TPSA) is 75.9 Å². The van der Waals surface area contributed by atoms with Crippen molar-refractivity contribution < 1.29 is 13.2 Å². The average Bonchev–Trinajstić information content (AvgIpc) is 2.62. The van der Waals surface area contributed by atoms with Crippen LogP contribution in [0.3, 0.4) is 0 Å². The van der Waals surface area contributed by atoms with Gasteiger partial charge in [0.2, 0.25) is 0 Å². The minimum absolute atomic E-state index is 0.153. The van der Waals surface area contributed by atoms with Gasteiger partial charge >= 0.3 is 6.18 Å². The maximum Gasteiger partial charge on any atom is 0.417 e. The molecule has 0 aliphatic carbocycles. The highest BCUT2D eigenvalue weighted by molar-refractivity contribution is 6.31. The summed E-state index contributed by atoms with van der Waals surface area (Å²) in [5, 5.41) is 5.54. The lowest BCUT2D eigenvalue weighted by Crippen LogP contribution is -2.08. The number of nitrogen functional groups attached to an aromatic ring is 1. The lowest BCUT2D eigenvalue weighted by Gasteiger charge is -2.15. The van der Waals surface area contributed by atoms with E-state index in [9.17, 15) is 13.2 Å². The first kappa shape index (κ1) is 19.8. The highest BCUT2D eigenvalue weighted by Gasteiger charge is 2.33. The average molecular weight is 408 g/mol. The summed E-state index contributed by atoms with van der Waals surface area (Å²) < 4.78 is 39.2. The largest absolute Gasteiger partial charge is 0.417 e. The van der Waals surface area contributed by atoms with Crippen molar-refractivity contribution in [1.29, 1.82) is 0 Å². The van der Waals surface area contributed by atoms with Gasteiger partial charge in [0.05, 0.1) is 10.6 Å². The van der Waals surface area contributed by atoms with Crippen LogP contribution in [0, 0.1) is 13.8 Å². The standard InChI is InChI=1S/C19H17ClF3N5/c1-10-3-4-11(2)15(7-10)28-18-16(24)17(25-9-26-18)27-12-5-6-14(20)13(8-12)19(21,22)23/h3-9H,24H2,1-2H3,(H2,25,26,27,28). The molecular formula is C19H17ClF3N5. The molecule has 9 heteroatoms. The fourth-order valence-corrected chi connectivity index (χ4v) is 2.77. The van der Waals surface area contributed by atoms with Gasteiger partial charge in [-0.15, -0.1) is 0 Å². The van der Waals surface area contributed by atoms with Crippen LogP contribution in [0.15, 0.2) is 42.7 Å². The molecule has 0 fully saturated rings.